The van der Waals surface area contributed by atoms with Crippen LogP contribution in [0.4, 0.5) is 17.4 Å². The molecule has 0 spiro atoms. The molecule has 1 aliphatic rings. The molecule has 1 amide bonds. The second kappa shape index (κ2) is 6.26. The predicted octanol–water partition coefficient (Wildman–Crippen LogP) is 4.65. The molecule has 0 atom stereocenters. The molecular formula is C19H16ClN3O2. The molecule has 0 unspecified atom stereocenters. The van der Waals surface area contributed by atoms with Gasteiger partial charge in [-0.2, -0.15) is 0 Å². The fourth-order valence-corrected chi connectivity index (χ4v) is 3.11. The Labute approximate surface area is 150 Å². The van der Waals surface area contributed by atoms with Crippen LogP contribution in [-0.4, -0.2) is 17.4 Å². The van der Waals surface area contributed by atoms with E-state index in [-0.39, 0.29) is 5.91 Å². The molecule has 25 heavy (non-hydrogen) atoms. The van der Waals surface area contributed by atoms with E-state index >= 15 is 0 Å². The van der Waals surface area contributed by atoms with Gasteiger partial charge in [0.25, 0.3) is 6.01 Å². The minimum Gasteiger partial charge on any atom is -0.423 e. The number of halogens is 1. The Bertz CT molecular complexity index is 934. The zero-order valence-electron chi connectivity index (χ0n) is 13.6. The lowest BCUT2D eigenvalue weighted by Crippen LogP contribution is -2.25. The van der Waals surface area contributed by atoms with Gasteiger partial charge < -0.3 is 14.6 Å². The van der Waals surface area contributed by atoms with Crippen LogP contribution >= 0.6 is 11.6 Å². The van der Waals surface area contributed by atoms with Gasteiger partial charge in [0.15, 0.2) is 5.76 Å². The summed E-state index contributed by atoms with van der Waals surface area (Å²) < 4.78 is 5.76. The topological polar surface area (TPSA) is 58.4 Å². The first-order valence-electron chi connectivity index (χ1n) is 8.00. The summed E-state index contributed by atoms with van der Waals surface area (Å²) in [7, 11) is 0. The van der Waals surface area contributed by atoms with Crippen LogP contribution in [0.1, 0.15) is 12.5 Å². The highest BCUT2D eigenvalue weighted by Crippen LogP contribution is 2.32. The maximum absolute atomic E-state index is 11.7. The number of hydrogen-bond donors (Lipinski definition) is 1. The molecule has 0 radical (unpaired) electrons. The molecule has 0 saturated heterocycles. The van der Waals surface area contributed by atoms with Gasteiger partial charge in [0, 0.05) is 35.4 Å². The third-order valence-corrected chi connectivity index (χ3v) is 4.50. The van der Waals surface area contributed by atoms with Gasteiger partial charge in [-0.25, -0.2) is 4.98 Å². The van der Waals surface area contributed by atoms with Crippen molar-refractivity contribution in [3.05, 3.63) is 59.2 Å². The first-order chi connectivity index (χ1) is 12.1. The van der Waals surface area contributed by atoms with Gasteiger partial charge in [0.1, 0.15) is 0 Å². The fraction of sp³-hybridized carbons (Fsp3) is 0.158. The van der Waals surface area contributed by atoms with Crippen LogP contribution in [0, 0.1) is 0 Å². The van der Waals surface area contributed by atoms with Crippen LogP contribution in [0.2, 0.25) is 5.02 Å². The van der Waals surface area contributed by atoms with E-state index in [9.17, 15) is 4.79 Å². The Morgan fingerprint density at radius 1 is 1.24 bits per heavy atom. The van der Waals surface area contributed by atoms with Crippen molar-refractivity contribution in [2.24, 2.45) is 0 Å². The number of anilines is 3. The van der Waals surface area contributed by atoms with E-state index in [4.69, 9.17) is 16.0 Å². The Morgan fingerprint density at radius 2 is 2.04 bits per heavy atom. The molecule has 0 aliphatic carbocycles. The van der Waals surface area contributed by atoms with Crippen molar-refractivity contribution in [2.75, 3.05) is 16.8 Å². The van der Waals surface area contributed by atoms with Gasteiger partial charge in [-0.15, -0.1) is 0 Å². The summed E-state index contributed by atoms with van der Waals surface area (Å²) in [6.07, 6.45) is 2.55. The molecular weight excluding hydrogens is 338 g/mol. The van der Waals surface area contributed by atoms with E-state index in [0.717, 1.165) is 29.9 Å². The number of aromatic nitrogens is 1. The Kier molecular flexibility index (Phi) is 3.93. The fourth-order valence-electron chi connectivity index (χ4n) is 2.99. The van der Waals surface area contributed by atoms with Crippen LogP contribution in [0.3, 0.4) is 0 Å². The molecule has 0 fully saturated rings. The average Bonchev–Trinajstić information content (AvgIpc) is 3.22. The second-order valence-corrected chi connectivity index (χ2v) is 6.36. The minimum absolute atomic E-state index is 0.0528. The van der Waals surface area contributed by atoms with E-state index in [1.165, 1.54) is 5.56 Å². The summed E-state index contributed by atoms with van der Waals surface area (Å²) in [4.78, 5) is 17.8. The number of rotatable bonds is 3. The standard InChI is InChI=1S/C19H16ClN3O2/c1-12(24)23-9-8-13-4-7-16(10-17(13)23)22-19-21-11-18(25-19)14-2-5-15(20)6-3-14/h2-7,10-11H,8-9H2,1H3,(H,21,22). The van der Waals surface area contributed by atoms with Crippen LogP contribution in [0.25, 0.3) is 11.3 Å². The number of benzene rings is 2. The number of carbonyl (C=O) groups is 1. The van der Waals surface area contributed by atoms with Crippen LogP contribution in [-0.2, 0) is 11.2 Å². The molecule has 1 aliphatic heterocycles. The van der Waals surface area contributed by atoms with Crippen LogP contribution in [0.15, 0.2) is 53.1 Å². The van der Waals surface area contributed by atoms with Gasteiger partial charge in [-0.3, -0.25) is 4.79 Å². The van der Waals surface area contributed by atoms with E-state index in [0.29, 0.717) is 16.8 Å². The average molecular weight is 354 g/mol. The molecule has 0 bridgehead atoms. The van der Waals surface area contributed by atoms with Crippen molar-refractivity contribution >= 4 is 34.9 Å². The normalized spacial score (nSPS) is 13.0. The highest BCUT2D eigenvalue weighted by Gasteiger charge is 2.22. The summed E-state index contributed by atoms with van der Waals surface area (Å²) in [5, 5.41) is 3.83. The van der Waals surface area contributed by atoms with Crippen molar-refractivity contribution in [3.8, 4) is 11.3 Å². The Morgan fingerprint density at radius 3 is 2.80 bits per heavy atom. The molecule has 1 N–H and O–H groups in total. The first-order valence-corrected chi connectivity index (χ1v) is 8.38. The summed E-state index contributed by atoms with van der Waals surface area (Å²) in [6.45, 7) is 2.31. The van der Waals surface area contributed by atoms with Crippen molar-refractivity contribution in [3.63, 3.8) is 0 Å². The zero-order chi connectivity index (χ0) is 17.4. The number of fused-ring (bicyclic) bond motifs is 1. The molecule has 5 nitrogen and oxygen atoms in total. The SMILES string of the molecule is CC(=O)N1CCc2ccc(Nc3ncc(-c4ccc(Cl)cc4)o3)cc21. The molecule has 4 rings (SSSR count). The quantitative estimate of drug-likeness (QED) is 0.744. The number of nitrogens with zero attached hydrogens (tertiary/aromatic N) is 2. The summed E-state index contributed by atoms with van der Waals surface area (Å²) >= 11 is 5.91. The molecule has 6 heteroatoms. The number of hydrogen-bond acceptors (Lipinski definition) is 4. The van der Waals surface area contributed by atoms with Gasteiger partial charge in [-0.05, 0) is 48.4 Å². The molecule has 2 heterocycles. The number of carbonyl (C=O) groups excluding carboxylic acids is 1. The lowest BCUT2D eigenvalue weighted by Gasteiger charge is -2.15. The van der Waals surface area contributed by atoms with Gasteiger partial charge in [-0.1, -0.05) is 17.7 Å². The molecule has 2 aromatic carbocycles. The second-order valence-electron chi connectivity index (χ2n) is 5.93. The van der Waals surface area contributed by atoms with E-state index in [1.807, 2.05) is 42.5 Å². The van der Waals surface area contributed by atoms with Gasteiger partial charge in [0.2, 0.25) is 5.91 Å². The van der Waals surface area contributed by atoms with Crippen molar-refractivity contribution in [2.45, 2.75) is 13.3 Å². The summed E-state index contributed by atoms with van der Waals surface area (Å²) in [6, 6.07) is 13.7. The smallest absolute Gasteiger partial charge is 0.299 e. The van der Waals surface area contributed by atoms with Crippen molar-refractivity contribution in [1.82, 2.24) is 4.98 Å². The first kappa shape index (κ1) is 15.7. The Balaban J connectivity index is 1.56. The van der Waals surface area contributed by atoms with Gasteiger partial charge >= 0.3 is 0 Å². The van der Waals surface area contributed by atoms with Gasteiger partial charge in [0.05, 0.1) is 6.20 Å². The third kappa shape index (κ3) is 3.10. The zero-order valence-corrected chi connectivity index (χ0v) is 14.4. The highest BCUT2D eigenvalue weighted by molar-refractivity contribution is 6.30. The third-order valence-electron chi connectivity index (χ3n) is 4.25. The summed E-state index contributed by atoms with van der Waals surface area (Å²) in [5.74, 6) is 0.711. The lowest BCUT2D eigenvalue weighted by atomic mass is 10.1. The summed E-state index contributed by atoms with van der Waals surface area (Å²) in [5.41, 5.74) is 3.86. The number of nitrogens with one attached hydrogen (secondary N) is 1. The lowest BCUT2D eigenvalue weighted by molar-refractivity contribution is -0.116. The van der Waals surface area contributed by atoms with Crippen LogP contribution < -0.4 is 10.2 Å². The number of amides is 1. The van der Waals surface area contributed by atoms with Crippen molar-refractivity contribution in [1.29, 1.82) is 0 Å². The monoisotopic (exact) mass is 353 g/mol. The predicted molar refractivity (Wildman–Crippen MR) is 98.4 cm³/mol. The van der Waals surface area contributed by atoms with Crippen LogP contribution in [0.5, 0.6) is 0 Å². The molecule has 0 saturated carbocycles. The molecule has 126 valence electrons. The molecule has 3 aromatic rings. The Hall–Kier alpha value is -2.79. The minimum atomic E-state index is 0.0528. The largest absolute Gasteiger partial charge is 0.423 e. The maximum atomic E-state index is 11.7. The maximum Gasteiger partial charge on any atom is 0.299 e. The van der Waals surface area contributed by atoms with E-state index < -0.39 is 0 Å². The number of oxazole rings is 1. The van der Waals surface area contributed by atoms with E-state index in [2.05, 4.69) is 10.3 Å². The highest BCUT2D eigenvalue weighted by atomic mass is 35.5. The molecule has 1 aromatic heterocycles. The van der Waals surface area contributed by atoms with Crippen molar-refractivity contribution < 1.29 is 9.21 Å². The van der Waals surface area contributed by atoms with E-state index in [1.54, 1.807) is 18.0 Å².